The first-order valence-corrected chi connectivity index (χ1v) is 5.36. The van der Waals surface area contributed by atoms with Gasteiger partial charge in [-0.2, -0.15) is 18.3 Å². The van der Waals surface area contributed by atoms with Crippen LogP contribution in [0.5, 0.6) is 0 Å². The molecule has 2 N–H and O–H groups in total. The van der Waals surface area contributed by atoms with Crippen molar-refractivity contribution in [2.24, 2.45) is 0 Å². The lowest BCUT2D eigenvalue weighted by molar-refractivity contribution is -0.137. The summed E-state index contributed by atoms with van der Waals surface area (Å²) in [5, 5.41) is 3.80. The number of aromatic nitrogens is 2. The Morgan fingerprint density at radius 1 is 1.11 bits per heavy atom. The first-order chi connectivity index (χ1) is 8.86. The maximum atomic E-state index is 12.4. The maximum Gasteiger partial charge on any atom is 0.416 e. The molecule has 0 fully saturated rings. The van der Waals surface area contributed by atoms with Crippen LogP contribution in [0.15, 0.2) is 41.2 Å². The van der Waals surface area contributed by atoms with Crippen molar-refractivity contribution in [2.75, 3.05) is 5.73 Å². The van der Waals surface area contributed by atoms with E-state index < -0.39 is 11.7 Å². The van der Waals surface area contributed by atoms with E-state index in [1.807, 2.05) is 0 Å². The summed E-state index contributed by atoms with van der Waals surface area (Å²) in [5.74, 6) is 0.173. The van der Waals surface area contributed by atoms with Crippen LogP contribution in [-0.2, 0) is 12.7 Å². The van der Waals surface area contributed by atoms with E-state index in [0.29, 0.717) is 5.56 Å². The standard InChI is InChI=1S/C12H10F3N3O/c13-12(14,15)9-3-1-8(2-4-9)7-18-11(19)6-5-10(16)17-18/h1-6H,7H2,(H2,16,17). The Kier molecular flexibility index (Phi) is 3.28. The van der Waals surface area contributed by atoms with Crippen molar-refractivity contribution in [1.82, 2.24) is 9.78 Å². The van der Waals surface area contributed by atoms with Gasteiger partial charge in [0, 0.05) is 6.07 Å². The molecule has 4 nitrogen and oxygen atoms in total. The molecule has 1 aromatic carbocycles. The molecule has 19 heavy (non-hydrogen) atoms. The van der Waals surface area contributed by atoms with Crippen LogP contribution in [0.3, 0.4) is 0 Å². The van der Waals surface area contributed by atoms with Crippen LogP contribution >= 0.6 is 0 Å². The molecule has 1 aromatic heterocycles. The number of hydrogen-bond acceptors (Lipinski definition) is 3. The molecule has 2 rings (SSSR count). The van der Waals surface area contributed by atoms with E-state index in [4.69, 9.17) is 5.73 Å². The minimum absolute atomic E-state index is 0.0714. The first kappa shape index (κ1) is 13.1. The predicted molar refractivity (Wildman–Crippen MR) is 63.5 cm³/mol. The SMILES string of the molecule is Nc1ccc(=O)n(Cc2ccc(C(F)(F)F)cc2)n1. The number of nitrogen functional groups attached to an aromatic ring is 1. The summed E-state index contributed by atoms with van der Waals surface area (Å²) in [4.78, 5) is 11.5. The molecule has 0 saturated heterocycles. The number of hydrogen-bond donors (Lipinski definition) is 1. The third-order valence-corrected chi connectivity index (χ3v) is 2.50. The highest BCUT2D eigenvalue weighted by Crippen LogP contribution is 2.29. The van der Waals surface area contributed by atoms with Crippen molar-refractivity contribution >= 4 is 5.82 Å². The van der Waals surface area contributed by atoms with Crippen LogP contribution in [0.4, 0.5) is 19.0 Å². The van der Waals surface area contributed by atoms with E-state index in [9.17, 15) is 18.0 Å². The van der Waals surface area contributed by atoms with Gasteiger partial charge >= 0.3 is 6.18 Å². The summed E-state index contributed by atoms with van der Waals surface area (Å²) in [6, 6.07) is 7.16. The number of alkyl halides is 3. The highest BCUT2D eigenvalue weighted by Gasteiger charge is 2.29. The number of nitrogens with two attached hydrogens (primary N) is 1. The molecule has 0 saturated carbocycles. The van der Waals surface area contributed by atoms with Gasteiger partial charge in [-0.15, -0.1) is 0 Å². The monoisotopic (exact) mass is 269 g/mol. The maximum absolute atomic E-state index is 12.4. The van der Waals surface area contributed by atoms with Gasteiger partial charge in [-0.25, -0.2) is 4.68 Å². The fraction of sp³-hybridized carbons (Fsp3) is 0.167. The van der Waals surface area contributed by atoms with Gasteiger partial charge in [0.1, 0.15) is 5.82 Å². The van der Waals surface area contributed by atoms with Crippen LogP contribution in [0.1, 0.15) is 11.1 Å². The largest absolute Gasteiger partial charge is 0.416 e. The van der Waals surface area contributed by atoms with Crippen LogP contribution in [0.2, 0.25) is 0 Å². The van der Waals surface area contributed by atoms with Gasteiger partial charge in [0.2, 0.25) is 0 Å². The lowest BCUT2D eigenvalue weighted by Gasteiger charge is -2.08. The molecule has 0 unspecified atom stereocenters. The Morgan fingerprint density at radius 2 is 1.74 bits per heavy atom. The van der Waals surface area contributed by atoms with Crippen LogP contribution in [-0.4, -0.2) is 9.78 Å². The van der Waals surface area contributed by atoms with Gasteiger partial charge < -0.3 is 5.73 Å². The van der Waals surface area contributed by atoms with Crippen molar-refractivity contribution in [2.45, 2.75) is 12.7 Å². The average Bonchev–Trinajstić information content (AvgIpc) is 2.33. The number of benzene rings is 1. The Morgan fingerprint density at radius 3 is 2.32 bits per heavy atom. The fourth-order valence-electron chi connectivity index (χ4n) is 1.55. The van der Waals surface area contributed by atoms with E-state index in [1.165, 1.54) is 24.3 Å². The third-order valence-electron chi connectivity index (χ3n) is 2.50. The quantitative estimate of drug-likeness (QED) is 0.905. The highest BCUT2D eigenvalue weighted by atomic mass is 19.4. The number of anilines is 1. The lowest BCUT2D eigenvalue weighted by Crippen LogP contribution is -2.23. The van der Waals surface area contributed by atoms with Crippen LogP contribution in [0.25, 0.3) is 0 Å². The zero-order chi connectivity index (χ0) is 14.0. The molecule has 0 aliphatic heterocycles. The average molecular weight is 269 g/mol. The zero-order valence-electron chi connectivity index (χ0n) is 9.69. The summed E-state index contributed by atoms with van der Waals surface area (Å²) >= 11 is 0. The van der Waals surface area contributed by atoms with Gasteiger partial charge in [0.15, 0.2) is 0 Å². The molecule has 0 amide bonds. The molecule has 0 radical (unpaired) electrons. The van der Waals surface area contributed by atoms with Crippen LogP contribution < -0.4 is 11.3 Å². The molecule has 0 spiro atoms. The Labute approximate surface area is 106 Å². The summed E-state index contributed by atoms with van der Waals surface area (Å²) < 4.78 is 38.2. The Hall–Kier alpha value is -2.31. The van der Waals surface area contributed by atoms with Crippen molar-refractivity contribution in [3.05, 3.63) is 57.9 Å². The molecule has 0 aliphatic carbocycles. The smallest absolute Gasteiger partial charge is 0.382 e. The van der Waals surface area contributed by atoms with E-state index in [-0.39, 0.29) is 17.9 Å². The second-order valence-corrected chi connectivity index (χ2v) is 3.95. The Balaban J connectivity index is 2.25. The van der Waals surface area contributed by atoms with Crippen molar-refractivity contribution in [1.29, 1.82) is 0 Å². The van der Waals surface area contributed by atoms with Gasteiger partial charge in [-0.3, -0.25) is 4.79 Å². The number of nitrogens with zero attached hydrogens (tertiary/aromatic N) is 2. The van der Waals surface area contributed by atoms with E-state index in [0.717, 1.165) is 16.8 Å². The van der Waals surface area contributed by atoms with Gasteiger partial charge in [0.25, 0.3) is 5.56 Å². The van der Waals surface area contributed by atoms with Crippen molar-refractivity contribution in [3.8, 4) is 0 Å². The molecule has 0 aliphatic rings. The van der Waals surface area contributed by atoms with Gasteiger partial charge in [0.05, 0.1) is 12.1 Å². The predicted octanol–water partition coefficient (Wildman–Crippen LogP) is 1.89. The third kappa shape index (κ3) is 3.12. The van der Waals surface area contributed by atoms with Gasteiger partial charge in [-0.05, 0) is 23.8 Å². The normalized spacial score (nSPS) is 11.5. The number of rotatable bonds is 2. The Bertz CT molecular complexity index is 632. The number of halogens is 3. The summed E-state index contributed by atoms with van der Waals surface area (Å²) in [6.07, 6.45) is -4.37. The fourth-order valence-corrected chi connectivity index (χ4v) is 1.55. The minimum atomic E-state index is -4.37. The molecular weight excluding hydrogens is 259 g/mol. The highest BCUT2D eigenvalue weighted by molar-refractivity contribution is 5.26. The molecule has 2 aromatic rings. The minimum Gasteiger partial charge on any atom is -0.382 e. The molecule has 1 heterocycles. The summed E-state index contributed by atoms with van der Waals surface area (Å²) in [5.41, 5.74) is 4.88. The van der Waals surface area contributed by atoms with Crippen molar-refractivity contribution in [3.63, 3.8) is 0 Å². The summed E-state index contributed by atoms with van der Waals surface area (Å²) in [6.45, 7) is 0.0714. The second-order valence-electron chi connectivity index (χ2n) is 3.95. The topological polar surface area (TPSA) is 60.9 Å². The molecule has 0 bridgehead atoms. The van der Waals surface area contributed by atoms with E-state index in [2.05, 4.69) is 5.10 Å². The lowest BCUT2D eigenvalue weighted by atomic mass is 10.1. The first-order valence-electron chi connectivity index (χ1n) is 5.36. The van der Waals surface area contributed by atoms with Crippen molar-refractivity contribution < 1.29 is 13.2 Å². The molecular formula is C12H10F3N3O. The second kappa shape index (κ2) is 4.75. The zero-order valence-corrected chi connectivity index (χ0v) is 9.69. The molecule has 100 valence electrons. The van der Waals surface area contributed by atoms with Gasteiger partial charge in [-0.1, -0.05) is 12.1 Å². The molecule has 7 heteroatoms. The summed E-state index contributed by atoms with van der Waals surface area (Å²) in [7, 11) is 0. The molecule has 0 atom stereocenters. The van der Waals surface area contributed by atoms with E-state index in [1.54, 1.807) is 0 Å². The van der Waals surface area contributed by atoms with E-state index >= 15 is 0 Å². The van der Waals surface area contributed by atoms with Crippen LogP contribution in [0, 0.1) is 0 Å².